The first-order chi connectivity index (χ1) is 13.6. The van der Waals surface area contributed by atoms with Crippen LogP contribution in [0.15, 0.2) is 59.6 Å². The molecule has 0 unspecified atom stereocenters. The Hall–Kier alpha value is -3.40. The second-order valence-electron chi connectivity index (χ2n) is 5.42. The molecule has 0 atom stereocenters. The molecule has 28 heavy (non-hydrogen) atoms. The third kappa shape index (κ3) is 4.86. The van der Waals surface area contributed by atoms with Crippen molar-refractivity contribution in [1.29, 1.82) is 0 Å². The highest BCUT2D eigenvalue weighted by atomic mass is 32.2. The summed E-state index contributed by atoms with van der Waals surface area (Å²) in [5, 5.41) is 11.1. The number of nitrogens with zero attached hydrogens (tertiary/aromatic N) is 3. The number of anilines is 1. The van der Waals surface area contributed by atoms with Gasteiger partial charge in [0.05, 0.1) is 18.2 Å². The van der Waals surface area contributed by atoms with Gasteiger partial charge in [-0.1, -0.05) is 24.3 Å². The van der Waals surface area contributed by atoms with Crippen LogP contribution in [-0.4, -0.2) is 22.0 Å². The van der Waals surface area contributed by atoms with E-state index in [0.717, 1.165) is 23.7 Å². The fourth-order valence-corrected chi connectivity index (χ4v) is 2.94. The summed E-state index contributed by atoms with van der Waals surface area (Å²) in [5.74, 6) is -0.164. The number of hydrogen-bond donors (Lipinski definition) is 1. The van der Waals surface area contributed by atoms with Crippen molar-refractivity contribution < 1.29 is 18.8 Å². The Bertz CT molecular complexity index is 989. The zero-order valence-electron chi connectivity index (χ0n) is 14.7. The minimum Gasteiger partial charge on any atom is -0.497 e. The Morgan fingerprint density at radius 2 is 2.07 bits per heavy atom. The zero-order valence-corrected chi connectivity index (χ0v) is 15.5. The Morgan fingerprint density at radius 1 is 1.25 bits per heavy atom. The molecule has 3 rings (SSSR count). The Labute approximate surface area is 164 Å². The molecule has 1 heterocycles. The molecule has 1 aromatic heterocycles. The van der Waals surface area contributed by atoms with Gasteiger partial charge in [0.1, 0.15) is 17.3 Å². The van der Waals surface area contributed by atoms with Gasteiger partial charge in [0.25, 0.3) is 5.69 Å². The number of benzene rings is 2. The van der Waals surface area contributed by atoms with E-state index >= 15 is 0 Å². The monoisotopic (exact) mass is 402 g/mol. The number of methoxy groups -OCH3 is 1. The highest BCUT2D eigenvalue weighted by molar-refractivity contribution is 8.00. The molecule has 0 aliphatic rings. The molecule has 0 amide bonds. The lowest BCUT2D eigenvalue weighted by Crippen LogP contribution is -2.03. The summed E-state index contributed by atoms with van der Waals surface area (Å²) in [6, 6.07) is 13.4. The normalized spacial score (nSPS) is 10.4. The maximum atomic E-state index is 14.0. The Morgan fingerprint density at radius 3 is 2.86 bits per heavy atom. The van der Waals surface area contributed by atoms with Gasteiger partial charge in [-0.15, -0.1) is 0 Å². The van der Waals surface area contributed by atoms with Crippen LogP contribution in [0.25, 0.3) is 0 Å². The fraction of sp³-hybridized carbons (Fsp3) is 0.111. The smallest absolute Gasteiger partial charge is 0.318 e. The zero-order chi connectivity index (χ0) is 19.9. The molecule has 8 nitrogen and oxygen atoms in total. The lowest BCUT2D eigenvalue weighted by Gasteiger charge is -2.09. The van der Waals surface area contributed by atoms with E-state index < -0.39 is 10.7 Å². The number of nitro groups is 1. The van der Waals surface area contributed by atoms with Gasteiger partial charge in [-0.3, -0.25) is 10.1 Å². The molecule has 1 N–H and O–H groups in total. The number of nitro benzene ring substituents is 1. The molecule has 144 valence electrons. The average Bonchev–Trinajstić information content (AvgIpc) is 2.72. The largest absolute Gasteiger partial charge is 0.497 e. The second-order valence-corrected chi connectivity index (χ2v) is 6.27. The predicted octanol–water partition coefficient (Wildman–Crippen LogP) is 4.23. The number of nitrogens with one attached hydrogen (secondary N) is 1. The average molecular weight is 402 g/mol. The molecular weight excluding hydrogens is 387 g/mol. The van der Waals surface area contributed by atoms with Crippen LogP contribution in [0.4, 0.5) is 15.9 Å². The SMILES string of the molecule is COc1cccc(COc2ncc(F)c(NSc3ccccc3[N+](=O)[O-])n2)c1. The van der Waals surface area contributed by atoms with E-state index in [9.17, 15) is 14.5 Å². The minimum atomic E-state index is -0.709. The molecule has 2 aromatic carbocycles. The van der Waals surface area contributed by atoms with Gasteiger partial charge >= 0.3 is 6.01 Å². The van der Waals surface area contributed by atoms with Gasteiger partial charge in [-0.05, 0) is 35.7 Å². The van der Waals surface area contributed by atoms with E-state index in [1.165, 1.54) is 6.07 Å². The maximum Gasteiger partial charge on any atom is 0.318 e. The van der Waals surface area contributed by atoms with Crippen LogP contribution < -0.4 is 14.2 Å². The van der Waals surface area contributed by atoms with Crippen molar-refractivity contribution >= 4 is 23.5 Å². The number of halogens is 1. The molecule has 0 fully saturated rings. The van der Waals surface area contributed by atoms with Crippen molar-refractivity contribution in [1.82, 2.24) is 9.97 Å². The van der Waals surface area contributed by atoms with Crippen molar-refractivity contribution in [3.63, 3.8) is 0 Å². The standard InChI is InChI=1S/C18H15FN4O4S/c1-26-13-6-4-5-12(9-13)11-27-18-20-10-14(19)17(21-18)22-28-16-8-3-2-7-15(16)23(24)25/h2-10H,11H2,1H3,(H,20,21,22). The number of rotatable bonds is 8. The lowest BCUT2D eigenvalue weighted by molar-refractivity contribution is -0.387. The molecular formula is C18H15FN4O4S. The molecule has 0 bridgehead atoms. The van der Waals surface area contributed by atoms with E-state index in [4.69, 9.17) is 9.47 Å². The molecule has 0 spiro atoms. The minimum absolute atomic E-state index is 0.0325. The van der Waals surface area contributed by atoms with Crippen molar-refractivity contribution in [2.24, 2.45) is 0 Å². The van der Waals surface area contributed by atoms with Crippen LogP contribution >= 0.6 is 11.9 Å². The van der Waals surface area contributed by atoms with E-state index in [1.807, 2.05) is 12.1 Å². The highest BCUT2D eigenvalue weighted by Crippen LogP contribution is 2.30. The number of ether oxygens (including phenoxy) is 2. The third-order valence-electron chi connectivity index (χ3n) is 3.54. The quantitative estimate of drug-likeness (QED) is 0.339. The van der Waals surface area contributed by atoms with Crippen molar-refractivity contribution in [3.8, 4) is 11.8 Å². The first-order valence-corrected chi connectivity index (χ1v) is 8.83. The molecule has 0 saturated heterocycles. The van der Waals surface area contributed by atoms with Gasteiger partial charge in [-0.25, -0.2) is 9.37 Å². The van der Waals surface area contributed by atoms with Gasteiger partial charge in [0.15, 0.2) is 11.6 Å². The van der Waals surface area contributed by atoms with Gasteiger partial charge < -0.3 is 14.2 Å². The van der Waals surface area contributed by atoms with Crippen LogP contribution in [0.5, 0.6) is 11.8 Å². The lowest BCUT2D eigenvalue weighted by atomic mass is 10.2. The topological polar surface area (TPSA) is 99.4 Å². The van der Waals surface area contributed by atoms with E-state index in [0.29, 0.717) is 10.6 Å². The molecule has 0 aliphatic carbocycles. The number of para-hydroxylation sites is 1. The summed E-state index contributed by atoms with van der Waals surface area (Å²) in [6.45, 7) is 0.166. The summed E-state index contributed by atoms with van der Waals surface area (Å²) in [7, 11) is 1.57. The molecule has 3 aromatic rings. The van der Waals surface area contributed by atoms with Crippen LogP contribution in [-0.2, 0) is 6.61 Å². The van der Waals surface area contributed by atoms with E-state index in [2.05, 4.69) is 14.7 Å². The highest BCUT2D eigenvalue weighted by Gasteiger charge is 2.15. The van der Waals surface area contributed by atoms with Crippen molar-refractivity contribution in [3.05, 3.63) is 76.2 Å². The third-order valence-corrected chi connectivity index (χ3v) is 4.40. The molecule has 10 heteroatoms. The van der Waals surface area contributed by atoms with Crippen molar-refractivity contribution in [2.45, 2.75) is 11.5 Å². The van der Waals surface area contributed by atoms with Crippen LogP contribution in [0.2, 0.25) is 0 Å². The van der Waals surface area contributed by atoms with Gasteiger partial charge in [0.2, 0.25) is 0 Å². The summed E-state index contributed by atoms with van der Waals surface area (Å²) < 4.78 is 27.3. The van der Waals surface area contributed by atoms with Gasteiger partial charge in [0, 0.05) is 6.07 Å². The Balaban J connectivity index is 1.69. The second kappa shape index (κ2) is 9.00. The van der Waals surface area contributed by atoms with E-state index in [1.54, 1.807) is 37.4 Å². The molecule has 0 saturated carbocycles. The van der Waals surface area contributed by atoms with Crippen LogP contribution in [0.1, 0.15) is 5.56 Å². The summed E-state index contributed by atoms with van der Waals surface area (Å²) >= 11 is 0.877. The van der Waals surface area contributed by atoms with Crippen LogP contribution in [0, 0.1) is 15.9 Å². The van der Waals surface area contributed by atoms with Gasteiger partial charge in [-0.2, -0.15) is 4.98 Å². The summed E-state index contributed by atoms with van der Waals surface area (Å²) in [4.78, 5) is 18.6. The Kier molecular flexibility index (Phi) is 6.22. The number of aromatic nitrogens is 2. The number of hydrogen-bond acceptors (Lipinski definition) is 8. The fourth-order valence-electron chi connectivity index (χ4n) is 2.20. The maximum absolute atomic E-state index is 14.0. The molecule has 0 radical (unpaired) electrons. The first-order valence-electron chi connectivity index (χ1n) is 8.01. The summed E-state index contributed by atoms with van der Waals surface area (Å²) in [5.41, 5.74) is 0.736. The van der Waals surface area contributed by atoms with Crippen LogP contribution in [0.3, 0.4) is 0 Å². The van der Waals surface area contributed by atoms with E-state index in [-0.39, 0.29) is 24.1 Å². The summed E-state index contributed by atoms with van der Waals surface area (Å²) in [6.07, 6.45) is 0.968. The van der Waals surface area contributed by atoms with Crippen molar-refractivity contribution in [2.75, 3.05) is 11.8 Å². The first kappa shape index (κ1) is 19.4. The molecule has 0 aliphatic heterocycles. The predicted molar refractivity (Wildman–Crippen MR) is 102 cm³/mol.